The highest BCUT2D eigenvalue weighted by molar-refractivity contribution is 5.00. The summed E-state index contributed by atoms with van der Waals surface area (Å²) >= 11 is 0. The van der Waals surface area contributed by atoms with Crippen molar-refractivity contribution in [1.29, 1.82) is 0 Å². The highest BCUT2D eigenvalue weighted by atomic mass is 15.2. The monoisotopic (exact) mass is 253 g/mol. The van der Waals surface area contributed by atoms with Crippen LogP contribution < -0.4 is 5.73 Å². The third kappa shape index (κ3) is 2.59. The highest BCUT2D eigenvalue weighted by Gasteiger charge is 2.43. The van der Waals surface area contributed by atoms with Gasteiger partial charge in [-0.15, -0.1) is 0 Å². The average Bonchev–Trinajstić information content (AvgIpc) is 2.40. The van der Waals surface area contributed by atoms with Crippen LogP contribution in [0.3, 0.4) is 0 Å². The van der Waals surface area contributed by atoms with Crippen LogP contribution in [0.2, 0.25) is 0 Å². The first-order chi connectivity index (χ1) is 8.60. The van der Waals surface area contributed by atoms with Crippen LogP contribution in [0.5, 0.6) is 0 Å². The van der Waals surface area contributed by atoms with Crippen LogP contribution in [0.4, 0.5) is 0 Å². The van der Waals surface area contributed by atoms with Gasteiger partial charge in [0.1, 0.15) is 0 Å². The summed E-state index contributed by atoms with van der Waals surface area (Å²) < 4.78 is 0. The quantitative estimate of drug-likeness (QED) is 0.834. The molecule has 1 aliphatic heterocycles. The van der Waals surface area contributed by atoms with E-state index in [1.165, 1.54) is 51.6 Å². The fourth-order valence-electron chi connectivity index (χ4n) is 4.11. The molecule has 106 valence electrons. The predicted octanol–water partition coefficient (Wildman–Crippen LogP) is 1.92. The molecule has 1 heterocycles. The number of nitrogens with two attached hydrogens (primary N) is 1. The van der Waals surface area contributed by atoms with Gasteiger partial charge in [-0.2, -0.15) is 0 Å². The molecule has 2 aliphatic rings. The minimum absolute atomic E-state index is 0.277. The lowest BCUT2D eigenvalue weighted by Crippen LogP contribution is -2.62. The van der Waals surface area contributed by atoms with Crippen molar-refractivity contribution in [1.82, 2.24) is 9.80 Å². The van der Waals surface area contributed by atoms with Gasteiger partial charge in [-0.1, -0.05) is 19.8 Å². The van der Waals surface area contributed by atoms with Crippen LogP contribution in [0.25, 0.3) is 0 Å². The van der Waals surface area contributed by atoms with Gasteiger partial charge in [0.15, 0.2) is 0 Å². The standard InChI is InChI=1S/C15H31N3/c1-13-6-4-5-9-15(13,12-16)18(3)14-7-10-17(2)11-8-14/h13-14H,4-12,16H2,1-3H3. The van der Waals surface area contributed by atoms with Gasteiger partial charge in [-0.25, -0.2) is 0 Å². The Labute approximate surface area is 113 Å². The van der Waals surface area contributed by atoms with Gasteiger partial charge in [0.2, 0.25) is 0 Å². The third-order valence-corrected chi connectivity index (χ3v) is 5.71. The first-order valence-electron chi connectivity index (χ1n) is 7.71. The molecule has 0 aromatic heterocycles. The van der Waals surface area contributed by atoms with Crippen LogP contribution in [-0.2, 0) is 0 Å². The van der Waals surface area contributed by atoms with Crippen molar-refractivity contribution in [3.05, 3.63) is 0 Å². The second-order valence-electron chi connectivity index (χ2n) is 6.60. The molecule has 2 rings (SSSR count). The second-order valence-corrected chi connectivity index (χ2v) is 6.60. The van der Waals surface area contributed by atoms with E-state index in [-0.39, 0.29) is 5.54 Å². The number of nitrogens with zero attached hydrogens (tertiary/aromatic N) is 2. The van der Waals surface area contributed by atoms with E-state index in [4.69, 9.17) is 5.73 Å². The molecular formula is C15H31N3. The summed E-state index contributed by atoms with van der Waals surface area (Å²) in [7, 11) is 4.57. The first-order valence-corrected chi connectivity index (χ1v) is 7.71. The SMILES string of the molecule is CC1CCCCC1(CN)N(C)C1CCN(C)CC1. The number of rotatable bonds is 3. The van der Waals surface area contributed by atoms with Crippen molar-refractivity contribution in [2.75, 3.05) is 33.7 Å². The van der Waals surface area contributed by atoms with Crippen LogP contribution in [0.15, 0.2) is 0 Å². The minimum atomic E-state index is 0.277. The van der Waals surface area contributed by atoms with Crippen molar-refractivity contribution in [2.45, 2.75) is 57.0 Å². The first kappa shape index (κ1) is 14.3. The summed E-state index contributed by atoms with van der Waals surface area (Å²) in [6, 6.07) is 0.741. The fourth-order valence-corrected chi connectivity index (χ4v) is 4.11. The molecule has 2 unspecified atom stereocenters. The lowest BCUT2D eigenvalue weighted by atomic mass is 9.71. The molecule has 0 amide bonds. The lowest BCUT2D eigenvalue weighted by molar-refractivity contribution is -0.0150. The molecule has 3 nitrogen and oxygen atoms in total. The Morgan fingerprint density at radius 2 is 1.89 bits per heavy atom. The molecule has 1 saturated heterocycles. The van der Waals surface area contributed by atoms with E-state index in [1.807, 2.05) is 0 Å². The molecule has 1 saturated carbocycles. The largest absolute Gasteiger partial charge is 0.329 e. The van der Waals surface area contributed by atoms with Crippen LogP contribution >= 0.6 is 0 Å². The Bertz CT molecular complexity index is 260. The molecule has 3 heteroatoms. The van der Waals surface area contributed by atoms with Crippen LogP contribution in [0.1, 0.15) is 45.4 Å². The number of likely N-dealkylation sites (tertiary alicyclic amines) is 1. The fraction of sp³-hybridized carbons (Fsp3) is 1.00. The van der Waals surface area contributed by atoms with Gasteiger partial charge in [-0.05, 0) is 58.8 Å². The maximum atomic E-state index is 6.21. The number of piperidine rings is 1. The topological polar surface area (TPSA) is 32.5 Å². The van der Waals surface area contributed by atoms with E-state index in [2.05, 4.69) is 30.8 Å². The van der Waals surface area contributed by atoms with E-state index < -0.39 is 0 Å². The second kappa shape index (κ2) is 5.89. The zero-order valence-corrected chi connectivity index (χ0v) is 12.5. The third-order valence-electron chi connectivity index (χ3n) is 5.71. The Kier molecular flexibility index (Phi) is 4.68. The zero-order chi connectivity index (χ0) is 13.2. The van der Waals surface area contributed by atoms with Gasteiger partial charge in [0, 0.05) is 18.1 Å². The van der Waals surface area contributed by atoms with Crippen molar-refractivity contribution in [2.24, 2.45) is 11.7 Å². The highest BCUT2D eigenvalue weighted by Crippen LogP contribution is 2.39. The minimum Gasteiger partial charge on any atom is -0.329 e. The number of hydrogen-bond donors (Lipinski definition) is 1. The Hall–Kier alpha value is -0.120. The van der Waals surface area contributed by atoms with E-state index >= 15 is 0 Å². The summed E-state index contributed by atoms with van der Waals surface area (Å²) in [5, 5.41) is 0. The maximum Gasteiger partial charge on any atom is 0.0357 e. The Balaban J connectivity index is 2.06. The number of hydrogen-bond acceptors (Lipinski definition) is 3. The molecule has 0 radical (unpaired) electrons. The predicted molar refractivity (Wildman–Crippen MR) is 77.7 cm³/mol. The van der Waals surface area contributed by atoms with Gasteiger partial charge in [-0.3, -0.25) is 4.90 Å². The van der Waals surface area contributed by atoms with Crippen molar-refractivity contribution < 1.29 is 0 Å². The molecule has 18 heavy (non-hydrogen) atoms. The number of likely N-dealkylation sites (N-methyl/N-ethyl adjacent to an activating group) is 1. The molecule has 0 aromatic carbocycles. The van der Waals surface area contributed by atoms with E-state index in [0.717, 1.165) is 18.5 Å². The van der Waals surface area contributed by atoms with Gasteiger partial charge in [0.05, 0.1) is 0 Å². The lowest BCUT2D eigenvalue weighted by Gasteiger charge is -2.52. The van der Waals surface area contributed by atoms with E-state index in [0.29, 0.717) is 0 Å². The van der Waals surface area contributed by atoms with E-state index in [1.54, 1.807) is 0 Å². The van der Waals surface area contributed by atoms with Crippen LogP contribution in [0, 0.1) is 5.92 Å². The van der Waals surface area contributed by atoms with Crippen LogP contribution in [-0.4, -0.2) is 55.1 Å². The van der Waals surface area contributed by atoms with E-state index in [9.17, 15) is 0 Å². The van der Waals surface area contributed by atoms with Gasteiger partial charge in [0.25, 0.3) is 0 Å². The zero-order valence-electron chi connectivity index (χ0n) is 12.5. The van der Waals surface area contributed by atoms with Crippen molar-refractivity contribution in [3.63, 3.8) is 0 Å². The maximum absolute atomic E-state index is 6.21. The molecule has 0 aromatic rings. The summed E-state index contributed by atoms with van der Waals surface area (Å²) in [4.78, 5) is 5.12. The molecule has 0 bridgehead atoms. The smallest absolute Gasteiger partial charge is 0.0357 e. The summed E-state index contributed by atoms with van der Waals surface area (Å²) in [6.07, 6.45) is 8.02. The van der Waals surface area contributed by atoms with Crippen molar-refractivity contribution >= 4 is 0 Å². The molecule has 2 N–H and O–H groups in total. The molecule has 2 fully saturated rings. The Morgan fingerprint density at radius 1 is 1.22 bits per heavy atom. The molecule has 1 aliphatic carbocycles. The van der Waals surface area contributed by atoms with Gasteiger partial charge >= 0.3 is 0 Å². The summed E-state index contributed by atoms with van der Waals surface area (Å²) in [5.41, 5.74) is 6.49. The normalized spacial score (nSPS) is 36.2. The average molecular weight is 253 g/mol. The molecular weight excluding hydrogens is 222 g/mol. The molecule has 0 spiro atoms. The van der Waals surface area contributed by atoms with Gasteiger partial charge < -0.3 is 10.6 Å². The summed E-state index contributed by atoms with van der Waals surface area (Å²) in [6.45, 7) is 5.72. The Morgan fingerprint density at radius 3 is 2.44 bits per heavy atom. The van der Waals surface area contributed by atoms with Crippen molar-refractivity contribution in [3.8, 4) is 0 Å². The molecule has 2 atom stereocenters. The summed E-state index contributed by atoms with van der Waals surface area (Å²) in [5.74, 6) is 0.751.